The predicted molar refractivity (Wildman–Crippen MR) is 61.2 cm³/mol. The number of aromatic nitrogens is 2. The molecule has 84 valence electrons. The van der Waals surface area contributed by atoms with E-state index in [0.29, 0.717) is 18.2 Å². The first-order valence-corrected chi connectivity index (χ1v) is 5.22. The van der Waals surface area contributed by atoms with Crippen LogP contribution in [0.25, 0.3) is 0 Å². The molecule has 0 saturated heterocycles. The van der Waals surface area contributed by atoms with Gasteiger partial charge in [-0.3, -0.25) is 0 Å². The number of rotatable bonds is 5. The highest BCUT2D eigenvalue weighted by Gasteiger charge is 2.12. The summed E-state index contributed by atoms with van der Waals surface area (Å²) < 4.78 is 5.31. The molecular weight excluding hydrogens is 192 g/mol. The van der Waals surface area contributed by atoms with Crippen molar-refractivity contribution < 1.29 is 4.74 Å². The number of ether oxygens (including phenoxy) is 1. The minimum Gasteiger partial charge on any atom is -0.476 e. The zero-order valence-corrected chi connectivity index (χ0v) is 9.53. The summed E-state index contributed by atoms with van der Waals surface area (Å²) >= 11 is 0. The van der Waals surface area contributed by atoms with E-state index in [2.05, 4.69) is 28.7 Å². The van der Waals surface area contributed by atoms with Crippen LogP contribution in [-0.4, -0.2) is 29.7 Å². The van der Waals surface area contributed by atoms with Gasteiger partial charge < -0.3 is 15.4 Å². The molecule has 0 unspecified atom stereocenters. The van der Waals surface area contributed by atoms with Crippen LogP contribution in [0.3, 0.4) is 0 Å². The Labute approximate surface area is 90.3 Å². The maximum atomic E-state index is 5.93. The third-order valence-corrected chi connectivity index (χ3v) is 2.17. The van der Waals surface area contributed by atoms with Crippen LogP contribution in [0.15, 0.2) is 6.33 Å². The van der Waals surface area contributed by atoms with Gasteiger partial charge in [0.25, 0.3) is 0 Å². The zero-order chi connectivity index (χ0) is 11.3. The topological polar surface area (TPSA) is 64.3 Å². The number of nitrogen functional groups attached to an aromatic ring is 1. The molecule has 5 nitrogen and oxygen atoms in total. The van der Waals surface area contributed by atoms with E-state index >= 15 is 0 Å². The van der Waals surface area contributed by atoms with Gasteiger partial charge in [0.2, 0.25) is 5.88 Å². The van der Waals surface area contributed by atoms with Crippen LogP contribution in [0.5, 0.6) is 5.88 Å². The SMILES string of the molecule is CCOc1ncnc(N(CC)CC)c1N. The van der Waals surface area contributed by atoms with E-state index in [4.69, 9.17) is 10.5 Å². The van der Waals surface area contributed by atoms with Crippen LogP contribution < -0.4 is 15.4 Å². The Morgan fingerprint density at radius 3 is 2.47 bits per heavy atom. The lowest BCUT2D eigenvalue weighted by Crippen LogP contribution is -2.24. The van der Waals surface area contributed by atoms with E-state index in [-0.39, 0.29) is 0 Å². The fourth-order valence-electron chi connectivity index (χ4n) is 1.40. The highest BCUT2D eigenvalue weighted by molar-refractivity contribution is 5.67. The Balaban J connectivity index is 3.02. The molecule has 2 N–H and O–H groups in total. The largest absolute Gasteiger partial charge is 0.476 e. The number of hydrogen-bond donors (Lipinski definition) is 1. The highest BCUT2D eigenvalue weighted by atomic mass is 16.5. The molecule has 0 fully saturated rings. The maximum Gasteiger partial charge on any atom is 0.242 e. The molecule has 0 spiro atoms. The van der Waals surface area contributed by atoms with Gasteiger partial charge in [0.05, 0.1) is 6.61 Å². The van der Waals surface area contributed by atoms with Gasteiger partial charge >= 0.3 is 0 Å². The van der Waals surface area contributed by atoms with E-state index in [0.717, 1.165) is 18.9 Å². The van der Waals surface area contributed by atoms with Gasteiger partial charge in [0.15, 0.2) is 5.82 Å². The Morgan fingerprint density at radius 2 is 1.93 bits per heavy atom. The molecule has 0 bridgehead atoms. The second-order valence-electron chi connectivity index (χ2n) is 3.02. The Bertz CT molecular complexity index is 312. The molecule has 15 heavy (non-hydrogen) atoms. The predicted octanol–water partition coefficient (Wildman–Crippen LogP) is 1.30. The van der Waals surface area contributed by atoms with E-state index < -0.39 is 0 Å². The maximum absolute atomic E-state index is 5.93. The fraction of sp³-hybridized carbons (Fsp3) is 0.600. The molecule has 0 aliphatic heterocycles. The quantitative estimate of drug-likeness (QED) is 0.793. The average Bonchev–Trinajstić information content (AvgIpc) is 2.25. The van der Waals surface area contributed by atoms with Gasteiger partial charge in [-0.1, -0.05) is 0 Å². The van der Waals surface area contributed by atoms with E-state index in [9.17, 15) is 0 Å². The first kappa shape index (κ1) is 11.6. The molecule has 0 radical (unpaired) electrons. The Kier molecular flexibility index (Phi) is 4.15. The number of nitrogens with zero attached hydrogens (tertiary/aromatic N) is 3. The zero-order valence-electron chi connectivity index (χ0n) is 9.53. The van der Waals surface area contributed by atoms with Crippen molar-refractivity contribution in [3.8, 4) is 5.88 Å². The molecule has 5 heteroatoms. The van der Waals surface area contributed by atoms with Gasteiger partial charge in [0.1, 0.15) is 12.0 Å². The monoisotopic (exact) mass is 210 g/mol. The van der Waals surface area contributed by atoms with Gasteiger partial charge in [-0.2, -0.15) is 4.98 Å². The average molecular weight is 210 g/mol. The molecule has 1 aromatic heterocycles. The summed E-state index contributed by atoms with van der Waals surface area (Å²) in [5.74, 6) is 1.22. The first-order valence-electron chi connectivity index (χ1n) is 5.22. The van der Waals surface area contributed by atoms with Crippen LogP contribution in [0.4, 0.5) is 11.5 Å². The number of anilines is 2. The molecule has 0 amide bonds. The van der Waals surface area contributed by atoms with Crippen LogP contribution in [0.2, 0.25) is 0 Å². The molecule has 0 atom stereocenters. The Hall–Kier alpha value is -1.52. The normalized spacial score (nSPS) is 10.1. The third-order valence-electron chi connectivity index (χ3n) is 2.17. The molecule has 1 heterocycles. The fourth-order valence-corrected chi connectivity index (χ4v) is 1.40. The van der Waals surface area contributed by atoms with Crippen molar-refractivity contribution in [3.63, 3.8) is 0 Å². The lowest BCUT2D eigenvalue weighted by atomic mass is 10.4. The lowest BCUT2D eigenvalue weighted by molar-refractivity contribution is 0.328. The second kappa shape index (κ2) is 5.38. The molecule has 1 aromatic rings. The highest BCUT2D eigenvalue weighted by Crippen LogP contribution is 2.27. The van der Waals surface area contributed by atoms with Crippen molar-refractivity contribution in [2.75, 3.05) is 30.3 Å². The van der Waals surface area contributed by atoms with Crippen molar-refractivity contribution in [3.05, 3.63) is 6.33 Å². The second-order valence-corrected chi connectivity index (χ2v) is 3.02. The van der Waals surface area contributed by atoms with Crippen LogP contribution in [0.1, 0.15) is 20.8 Å². The minimum atomic E-state index is 0.467. The van der Waals surface area contributed by atoms with E-state index in [1.807, 2.05) is 6.92 Å². The summed E-state index contributed by atoms with van der Waals surface area (Å²) in [6, 6.07) is 0. The molecule has 0 aliphatic rings. The standard InChI is InChI=1S/C10H18N4O/c1-4-14(5-2)9-8(11)10(15-6-3)13-7-12-9/h7H,4-6,11H2,1-3H3. The lowest BCUT2D eigenvalue weighted by Gasteiger charge is -2.21. The van der Waals surface area contributed by atoms with Gasteiger partial charge in [-0.05, 0) is 20.8 Å². The van der Waals surface area contributed by atoms with Gasteiger partial charge in [-0.15, -0.1) is 0 Å². The van der Waals surface area contributed by atoms with Crippen molar-refractivity contribution in [1.29, 1.82) is 0 Å². The molecule has 0 aliphatic carbocycles. The summed E-state index contributed by atoms with van der Waals surface area (Å²) in [5, 5.41) is 0. The smallest absolute Gasteiger partial charge is 0.242 e. The van der Waals surface area contributed by atoms with Crippen molar-refractivity contribution in [2.45, 2.75) is 20.8 Å². The van der Waals surface area contributed by atoms with Gasteiger partial charge in [0, 0.05) is 13.1 Å². The minimum absolute atomic E-state index is 0.467. The van der Waals surface area contributed by atoms with E-state index in [1.54, 1.807) is 0 Å². The summed E-state index contributed by atoms with van der Waals surface area (Å²) in [7, 11) is 0. The third kappa shape index (κ3) is 2.49. The van der Waals surface area contributed by atoms with Crippen LogP contribution in [-0.2, 0) is 0 Å². The molecule has 0 saturated carbocycles. The summed E-state index contributed by atoms with van der Waals surface area (Å²) in [4.78, 5) is 10.2. The number of hydrogen-bond acceptors (Lipinski definition) is 5. The number of nitrogens with two attached hydrogens (primary N) is 1. The molecule has 0 aromatic carbocycles. The molecule has 1 rings (SSSR count). The summed E-state index contributed by atoms with van der Waals surface area (Å²) in [6.07, 6.45) is 1.48. The molecular formula is C10H18N4O. The van der Waals surface area contributed by atoms with E-state index in [1.165, 1.54) is 6.33 Å². The van der Waals surface area contributed by atoms with Crippen molar-refractivity contribution >= 4 is 11.5 Å². The Morgan fingerprint density at radius 1 is 1.27 bits per heavy atom. The summed E-state index contributed by atoms with van der Waals surface area (Å²) in [5.41, 5.74) is 6.45. The van der Waals surface area contributed by atoms with Gasteiger partial charge in [-0.25, -0.2) is 4.98 Å². The summed E-state index contributed by atoms with van der Waals surface area (Å²) in [6.45, 7) is 8.31. The van der Waals surface area contributed by atoms with Crippen LogP contribution >= 0.6 is 0 Å². The first-order chi connectivity index (χ1) is 7.24. The van der Waals surface area contributed by atoms with Crippen LogP contribution in [0, 0.1) is 0 Å². The van der Waals surface area contributed by atoms with Crippen molar-refractivity contribution in [2.24, 2.45) is 0 Å². The van der Waals surface area contributed by atoms with Crippen molar-refractivity contribution in [1.82, 2.24) is 9.97 Å².